The van der Waals surface area contributed by atoms with E-state index in [4.69, 9.17) is 20.2 Å². The summed E-state index contributed by atoms with van der Waals surface area (Å²) in [5, 5.41) is 36.6. The summed E-state index contributed by atoms with van der Waals surface area (Å²) in [6, 6.07) is 5.99. The number of carbonyl (C=O) groups is 1. The van der Waals surface area contributed by atoms with Crippen LogP contribution in [0.2, 0.25) is 0 Å². The molecule has 0 unspecified atom stereocenters. The van der Waals surface area contributed by atoms with Crippen molar-refractivity contribution in [3.8, 4) is 0 Å². The van der Waals surface area contributed by atoms with Gasteiger partial charge in [-0.1, -0.05) is 23.0 Å². The molecule has 5 nitrogen and oxygen atoms in total. The molecule has 2 aromatic rings. The highest BCUT2D eigenvalue weighted by Crippen LogP contribution is 2.24. The van der Waals surface area contributed by atoms with Gasteiger partial charge in [0.05, 0.1) is 5.56 Å². The van der Waals surface area contributed by atoms with Gasteiger partial charge in [-0.15, -0.1) is 0 Å². The highest BCUT2D eigenvalue weighted by atomic mass is 32.1. The van der Waals surface area contributed by atoms with Crippen molar-refractivity contribution in [3.05, 3.63) is 29.8 Å². The van der Waals surface area contributed by atoms with Gasteiger partial charge in [0, 0.05) is 4.70 Å². The van der Waals surface area contributed by atoms with Crippen LogP contribution in [-0.2, 0) is 0 Å². The zero-order chi connectivity index (χ0) is 11.9. The minimum Gasteiger partial charge on any atom is -0.555 e. The topological polar surface area (TPSA) is 98.0 Å². The average molecular weight is 239 g/mol. The van der Waals surface area contributed by atoms with Crippen molar-refractivity contribution in [2.75, 3.05) is 0 Å². The van der Waals surface area contributed by atoms with E-state index in [1.807, 2.05) is 0 Å². The molecule has 0 saturated heterocycles. The molecule has 0 aliphatic carbocycles. The maximum Gasteiger partial charge on any atom is 0.412 e. The molecule has 1 aromatic heterocycles. The minimum absolute atomic E-state index is 0.0521. The Hall–Kier alpha value is -1.41. The lowest BCUT2D eigenvalue weighted by atomic mass is 9.78. The maximum absolute atomic E-state index is 10.9. The first-order chi connectivity index (χ1) is 7.39. The molecule has 0 aliphatic rings. The van der Waals surface area contributed by atoms with E-state index in [0.29, 0.717) is 10.1 Å². The third-order valence-electron chi connectivity index (χ3n) is 2.18. The molecule has 1 heterocycles. The lowest BCUT2D eigenvalue weighted by molar-refractivity contribution is 0.0699. The zero-order valence-electron chi connectivity index (χ0n) is 7.99. The maximum atomic E-state index is 10.9. The Morgan fingerprint density at radius 1 is 1.25 bits per heavy atom. The number of hydrogen-bond acceptors (Lipinski definition) is 5. The molecule has 1 aromatic carbocycles. The lowest BCUT2D eigenvalue weighted by Crippen LogP contribution is -2.46. The van der Waals surface area contributed by atoms with E-state index in [1.165, 1.54) is 12.1 Å². The zero-order valence-corrected chi connectivity index (χ0v) is 8.81. The first-order valence-electron chi connectivity index (χ1n) is 4.47. The number of carboxylic acid groups (broad SMARTS) is 1. The van der Waals surface area contributed by atoms with Crippen LogP contribution in [-0.4, -0.2) is 32.9 Å². The second kappa shape index (κ2) is 3.57. The predicted octanol–water partition coefficient (Wildman–Crippen LogP) is -0.278. The summed E-state index contributed by atoms with van der Waals surface area (Å²) in [5.74, 6) is -1.09. The number of aromatic carboxylic acids is 1. The largest absolute Gasteiger partial charge is 0.555 e. The minimum atomic E-state index is -3.57. The standard InChI is InChI=1S/C9H8BO5S/c11-9(12)6-3-1-2-5-4-7(10(13,14)15)16-8(5)6/h1-4,13-15H,(H,11,12)/q-1. The number of fused-ring (bicyclic) bond motifs is 1. The van der Waals surface area contributed by atoms with Crippen molar-refractivity contribution in [1.29, 1.82) is 0 Å². The van der Waals surface area contributed by atoms with Gasteiger partial charge in [-0.25, -0.2) is 4.79 Å². The van der Waals surface area contributed by atoms with Gasteiger partial charge in [0.15, 0.2) is 0 Å². The second-order valence-corrected chi connectivity index (χ2v) is 4.50. The van der Waals surface area contributed by atoms with Gasteiger partial charge in [0.1, 0.15) is 0 Å². The van der Waals surface area contributed by atoms with Gasteiger partial charge in [-0.3, -0.25) is 0 Å². The van der Waals surface area contributed by atoms with E-state index in [9.17, 15) is 4.79 Å². The molecule has 0 fully saturated rings. The summed E-state index contributed by atoms with van der Waals surface area (Å²) in [5.41, 5.74) is 0.0776. The Balaban J connectivity index is 2.71. The highest BCUT2D eigenvalue weighted by molar-refractivity contribution is 7.29. The Bertz CT molecular complexity index is 557. The third kappa shape index (κ3) is 1.81. The van der Waals surface area contributed by atoms with Crippen molar-refractivity contribution in [2.45, 2.75) is 0 Å². The molecule has 0 atom stereocenters. The summed E-state index contributed by atoms with van der Waals surface area (Å²) in [7, 11) is 0. The van der Waals surface area contributed by atoms with Gasteiger partial charge in [-0.2, -0.15) is 11.3 Å². The van der Waals surface area contributed by atoms with Gasteiger partial charge in [0.25, 0.3) is 0 Å². The van der Waals surface area contributed by atoms with Crippen LogP contribution in [0.5, 0.6) is 0 Å². The molecular weight excluding hydrogens is 231 g/mol. The van der Waals surface area contributed by atoms with Crippen molar-refractivity contribution in [1.82, 2.24) is 0 Å². The molecule has 84 valence electrons. The Labute approximate surface area is 94.2 Å². The van der Waals surface area contributed by atoms with Crippen molar-refractivity contribution >= 4 is 38.9 Å². The van der Waals surface area contributed by atoms with E-state index < -0.39 is 12.7 Å². The van der Waals surface area contributed by atoms with Gasteiger partial charge >= 0.3 is 12.7 Å². The fourth-order valence-electron chi connectivity index (χ4n) is 1.44. The molecule has 2 rings (SSSR count). The molecule has 0 saturated carbocycles. The van der Waals surface area contributed by atoms with E-state index in [0.717, 1.165) is 11.3 Å². The molecule has 0 radical (unpaired) electrons. The number of hydrogen-bond donors (Lipinski definition) is 4. The van der Waals surface area contributed by atoms with Gasteiger partial charge in [0.2, 0.25) is 0 Å². The normalized spacial score (nSPS) is 11.9. The molecule has 0 spiro atoms. The van der Waals surface area contributed by atoms with Gasteiger partial charge in [-0.05, 0) is 11.5 Å². The van der Waals surface area contributed by atoms with Crippen LogP contribution >= 0.6 is 11.3 Å². The molecular formula is C9H8BO5S-. The van der Waals surface area contributed by atoms with Gasteiger partial charge < -0.3 is 20.2 Å². The van der Waals surface area contributed by atoms with E-state index in [2.05, 4.69) is 0 Å². The number of carboxylic acids is 1. The fraction of sp³-hybridized carbons (Fsp3) is 0. The number of benzene rings is 1. The van der Waals surface area contributed by atoms with Crippen LogP contribution in [0.25, 0.3) is 10.1 Å². The van der Waals surface area contributed by atoms with Crippen LogP contribution in [0.15, 0.2) is 24.3 Å². The second-order valence-electron chi connectivity index (χ2n) is 3.41. The Kier molecular flexibility index (Phi) is 2.47. The summed E-state index contributed by atoms with van der Waals surface area (Å²) in [6.45, 7) is -3.57. The Morgan fingerprint density at radius 3 is 2.50 bits per heavy atom. The van der Waals surface area contributed by atoms with Crippen LogP contribution in [0.3, 0.4) is 0 Å². The Morgan fingerprint density at radius 2 is 1.94 bits per heavy atom. The smallest absolute Gasteiger partial charge is 0.412 e. The van der Waals surface area contributed by atoms with E-state index in [-0.39, 0.29) is 10.3 Å². The third-order valence-corrected chi connectivity index (χ3v) is 3.50. The SMILES string of the molecule is O=C(O)c1cccc2cc([B-](O)(O)O)sc12. The summed E-state index contributed by atoms with van der Waals surface area (Å²) >= 11 is 0.856. The van der Waals surface area contributed by atoms with Crippen LogP contribution in [0, 0.1) is 0 Å². The molecule has 7 heteroatoms. The molecule has 0 aliphatic heterocycles. The van der Waals surface area contributed by atoms with Crippen LogP contribution < -0.4 is 4.78 Å². The quantitative estimate of drug-likeness (QED) is 0.540. The number of thiophene rings is 1. The average Bonchev–Trinajstić information content (AvgIpc) is 2.59. The van der Waals surface area contributed by atoms with Crippen molar-refractivity contribution in [2.24, 2.45) is 0 Å². The first kappa shape index (κ1) is 11.1. The summed E-state index contributed by atoms with van der Waals surface area (Å²) < 4.78 is 0.358. The lowest BCUT2D eigenvalue weighted by Gasteiger charge is -2.17. The van der Waals surface area contributed by atoms with E-state index >= 15 is 0 Å². The first-order valence-corrected chi connectivity index (χ1v) is 5.29. The molecule has 16 heavy (non-hydrogen) atoms. The predicted molar refractivity (Wildman–Crippen MR) is 60.8 cm³/mol. The number of rotatable bonds is 2. The monoisotopic (exact) mass is 239 g/mol. The van der Waals surface area contributed by atoms with Crippen molar-refractivity contribution in [3.63, 3.8) is 0 Å². The summed E-state index contributed by atoms with van der Waals surface area (Å²) in [4.78, 5) is 10.9. The molecule has 0 amide bonds. The highest BCUT2D eigenvalue weighted by Gasteiger charge is 2.22. The van der Waals surface area contributed by atoms with Crippen LogP contribution in [0.1, 0.15) is 10.4 Å². The van der Waals surface area contributed by atoms with E-state index in [1.54, 1.807) is 12.1 Å². The van der Waals surface area contributed by atoms with Crippen molar-refractivity contribution < 1.29 is 25.0 Å². The summed E-state index contributed by atoms with van der Waals surface area (Å²) in [6.07, 6.45) is 0. The fourth-order valence-corrected chi connectivity index (χ4v) is 2.53. The molecule has 0 bridgehead atoms. The molecule has 4 N–H and O–H groups in total. The van der Waals surface area contributed by atoms with Crippen LogP contribution in [0.4, 0.5) is 0 Å².